The highest BCUT2D eigenvalue weighted by Gasteiger charge is 2.19. The molecule has 0 amide bonds. The second-order valence-corrected chi connectivity index (χ2v) is 5.01. The molecule has 1 saturated heterocycles. The van der Waals surface area contributed by atoms with E-state index in [9.17, 15) is 0 Å². The van der Waals surface area contributed by atoms with Crippen LogP contribution in [0.5, 0.6) is 0 Å². The third-order valence-corrected chi connectivity index (χ3v) is 3.47. The number of nitrogens with zero attached hydrogens (tertiary/aromatic N) is 5. The van der Waals surface area contributed by atoms with Gasteiger partial charge in [-0.25, -0.2) is 4.98 Å². The summed E-state index contributed by atoms with van der Waals surface area (Å²) in [6.07, 6.45) is 1.83. The number of anilines is 1. The van der Waals surface area contributed by atoms with Crippen molar-refractivity contribution in [2.75, 3.05) is 31.2 Å². The van der Waals surface area contributed by atoms with Crippen molar-refractivity contribution in [3.63, 3.8) is 0 Å². The molecule has 6 nitrogen and oxygen atoms in total. The largest absolute Gasteiger partial charge is 0.378 e. The van der Waals surface area contributed by atoms with Gasteiger partial charge in [0.05, 0.1) is 19.1 Å². The Labute approximate surface area is 117 Å². The molecule has 0 saturated carbocycles. The summed E-state index contributed by atoms with van der Waals surface area (Å²) in [4.78, 5) is 6.64. The molecule has 3 heterocycles. The Morgan fingerprint density at radius 3 is 2.83 bits per heavy atom. The van der Waals surface area contributed by atoms with Gasteiger partial charge in [0.1, 0.15) is 4.60 Å². The van der Waals surface area contributed by atoms with Crippen molar-refractivity contribution in [3.05, 3.63) is 16.6 Å². The van der Waals surface area contributed by atoms with Gasteiger partial charge < -0.3 is 9.64 Å². The monoisotopic (exact) mass is 331 g/mol. The van der Waals surface area contributed by atoms with Crippen molar-refractivity contribution >= 4 is 39.0 Å². The maximum absolute atomic E-state index is 5.85. The molecule has 18 heavy (non-hydrogen) atoms. The molecule has 0 spiro atoms. The second-order valence-electron chi connectivity index (χ2n) is 3.93. The van der Waals surface area contributed by atoms with E-state index in [0.717, 1.165) is 29.2 Å². The van der Waals surface area contributed by atoms with E-state index in [1.807, 2.05) is 10.6 Å². The zero-order valence-corrected chi connectivity index (χ0v) is 11.9. The Morgan fingerprint density at radius 2 is 2.11 bits per heavy atom. The molecule has 0 atom stereocenters. The Kier molecular flexibility index (Phi) is 3.36. The first-order valence-corrected chi connectivity index (χ1v) is 6.91. The minimum absolute atomic E-state index is 0.320. The fourth-order valence-electron chi connectivity index (χ4n) is 1.98. The lowest BCUT2D eigenvalue weighted by Gasteiger charge is -2.27. The molecule has 0 bridgehead atoms. The highest BCUT2D eigenvalue weighted by atomic mass is 79.9. The van der Waals surface area contributed by atoms with Crippen LogP contribution in [0.4, 0.5) is 5.82 Å². The van der Waals surface area contributed by atoms with Crippen LogP contribution in [0.25, 0.3) is 5.65 Å². The molecular formula is C10H11BrClN5O. The predicted molar refractivity (Wildman–Crippen MR) is 71.1 cm³/mol. The van der Waals surface area contributed by atoms with Crippen molar-refractivity contribution in [1.82, 2.24) is 19.6 Å². The average Bonchev–Trinajstić information content (AvgIpc) is 2.81. The molecule has 2 aromatic heterocycles. The molecule has 1 fully saturated rings. The molecule has 0 radical (unpaired) electrons. The third kappa shape index (κ3) is 2.06. The smallest absolute Gasteiger partial charge is 0.203 e. The summed E-state index contributed by atoms with van der Waals surface area (Å²) in [5.74, 6) is 1.85. The highest BCUT2D eigenvalue weighted by Crippen LogP contribution is 2.22. The third-order valence-electron chi connectivity index (χ3n) is 2.84. The number of ether oxygens (including phenoxy) is 1. The minimum atomic E-state index is 0.320. The Bertz CT molecular complexity index is 569. The number of hydrogen-bond donors (Lipinski definition) is 0. The lowest BCUT2D eigenvalue weighted by Crippen LogP contribution is -2.37. The van der Waals surface area contributed by atoms with Crippen molar-refractivity contribution in [3.8, 4) is 0 Å². The molecule has 2 aromatic rings. The van der Waals surface area contributed by atoms with Gasteiger partial charge in [-0.1, -0.05) is 0 Å². The molecule has 0 aliphatic carbocycles. The van der Waals surface area contributed by atoms with Crippen LogP contribution in [0.2, 0.25) is 0 Å². The van der Waals surface area contributed by atoms with Crippen molar-refractivity contribution < 1.29 is 4.74 Å². The molecule has 0 N–H and O–H groups in total. The first-order chi connectivity index (χ1) is 8.79. The van der Waals surface area contributed by atoms with Gasteiger partial charge in [-0.3, -0.25) is 4.40 Å². The molecule has 0 aromatic carbocycles. The standard InChI is InChI=1S/C10H11BrClN5O/c11-7-6-17-8(5-12)14-15-10(17)9(13-7)16-1-3-18-4-2-16/h6H,1-5H2. The summed E-state index contributed by atoms with van der Waals surface area (Å²) in [5, 5.41) is 8.24. The average molecular weight is 333 g/mol. The van der Waals surface area contributed by atoms with Crippen LogP contribution in [-0.4, -0.2) is 45.9 Å². The Hall–Kier alpha value is -0.920. The van der Waals surface area contributed by atoms with Crippen LogP contribution >= 0.6 is 27.5 Å². The normalized spacial score (nSPS) is 16.4. The van der Waals surface area contributed by atoms with E-state index >= 15 is 0 Å². The summed E-state index contributed by atoms with van der Waals surface area (Å²) >= 11 is 9.25. The highest BCUT2D eigenvalue weighted by molar-refractivity contribution is 9.10. The van der Waals surface area contributed by atoms with E-state index in [4.69, 9.17) is 16.3 Å². The Balaban J connectivity index is 2.12. The molecule has 1 aliphatic heterocycles. The number of rotatable bonds is 2. The van der Waals surface area contributed by atoms with Crippen LogP contribution in [0.15, 0.2) is 10.8 Å². The van der Waals surface area contributed by atoms with Gasteiger partial charge in [0.2, 0.25) is 5.65 Å². The number of morpholine rings is 1. The predicted octanol–water partition coefficient (Wildman–Crippen LogP) is 1.46. The molecule has 96 valence electrons. The van der Waals surface area contributed by atoms with E-state index < -0.39 is 0 Å². The van der Waals surface area contributed by atoms with Crippen LogP contribution in [0.3, 0.4) is 0 Å². The molecule has 0 unspecified atom stereocenters. The summed E-state index contributed by atoms with van der Waals surface area (Å²) in [7, 11) is 0. The fraction of sp³-hybridized carbons (Fsp3) is 0.500. The van der Waals surface area contributed by atoms with Crippen LogP contribution in [0, 0.1) is 0 Å². The van der Waals surface area contributed by atoms with Gasteiger partial charge >= 0.3 is 0 Å². The van der Waals surface area contributed by atoms with Crippen LogP contribution in [0.1, 0.15) is 5.82 Å². The maximum Gasteiger partial charge on any atom is 0.203 e. The molecule has 1 aliphatic rings. The number of fused-ring (bicyclic) bond motifs is 1. The number of aromatic nitrogens is 4. The van der Waals surface area contributed by atoms with Gasteiger partial charge in [-0.15, -0.1) is 21.8 Å². The maximum atomic E-state index is 5.85. The van der Waals surface area contributed by atoms with Crippen LogP contribution < -0.4 is 4.90 Å². The van der Waals surface area contributed by atoms with Crippen molar-refractivity contribution in [2.45, 2.75) is 5.88 Å². The van der Waals surface area contributed by atoms with Gasteiger partial charge in [0, 0.05) is 19.3 Å². The molecular weight excluding hydrogens is 322 g/mol. The lowest BCUT2D eigenvalue weighted by molar-refractivity contribution is 0.122. The van der Waals surface area contributed by atoms with E-state index in [0.29, 0.717) is 24.9 Å². The second kappa shape index (κ2) is 4.99. The van der Waals surface area contributed by atoms with E-state index in [-0.39, 0.29) is 0 Å². The number of alkyl halides is 1. The quantitative estimate of drug-likeness (QED) is 0.779. The van der Waals surface area contributed by atoms with Gasteiger partial charge in [-0.2, -0.15) is 0 Å². The van der Waals surface area contributed by atoms with Gasteiger partial charge in [0.15, 0.2) is 11.6 Å². The zero-order chi connectivity index (χ0) is 12.5. The SMILES string of the molecule is ClCc1nnc2c(N3CCOCC3)nc(Br)cn12. The summed E-state index contributed by atoms with van der Waals surface area (Å²) in [6, 6.07) is 0. The zero-order valence-electron chi connectivity index (χ0n) is 9.51. The van der Waals surface area contributed by atoms with Crippen molar-refractivity contribution in [1.29, 1.82) is 0 Å². The summed E-state index contributed by atoms with van der Waals surface area (Å²) in [5.41, 5.74) is 0.732. The van der Waals surface area contributed by atoms with Crippen LogP contribution in [-0.2, 0) is 10.6 Å². The first-order valence-electron chi connectivity index (χ1n) is 5.58. The number of halogens is 2. The molecule has 8 heteroatoms. The van der Waals surface area contributed by atoms with Crippen molar-refractivity contribution in [2.24, 2.45) is 0 Å². The fourth-order valence-corrected chi connectivity index (χ4v) is 2.53. The summed E-state index contributed by atoms with van der Waals surface area (Å²) in [6.45, 7) is 3.03. The minimum Gasteiger partial charge on any atom is -0.378 e. The van der Waals surface area contributed by atoms with Gasteiger partial charge in [0.25, 0.3) is 0 Å². The van der Waals surface area contributed by atoms with E-state index in [2.05, 4.69) is 36.0 Å². The van der Waals surface area contributed by atoms with E-state index in [1.54, 1.807) is 0 Å². The number of hydrogen-bond acceptors (Lipinski definition) is 5. The van der Waals surface area contributed by atoms with E-state index in [1.165, 1.54) is 0 Å². The topological polar surface area (TPSA) is 55.5 Å². The first kappa shape index (κ1) is 12.1. The van der Waals surface area contributed by atoms with Gasteiger partial charge in [-0.05, 0) is 15.9 Å². The Morgan fingerprint density at radius 1 is 1.33 bits per heavy atom. The molecule has 3 rings (SSSR count). The lowest BCUT2D eigenvalue weighted by atomic mass is 10.4. The summed E-state index contributed by atoms with van der Waals surface area (Å²) < 4.78 is 7.95.